The molecule has 0 aliphatic carbocycles. The predicted molar refractivity (Wildman–Crippen MR) is 70.4 cm³/mol. The summed E-state index contributed by atoms with van der Waals surface area (Å²) >= 11 is 0. The second kappa shape index (κ2) is 4.25. The van der Waals surface area contributed by atoms with Crippen molar-refractivity contribution in [3.63, 3.8) is 0 Å². The highest BCUT2D eigenvalue weighted by atomic mass is 16.5. The smallest absolute Gasteiger partial charge is 0.140 e. The maximum Gasteiger partial charge on any atom is 0.140 e. The van der Waals surface area contributed by atoms with Crippen LogP contribution in [0.15, 0.2) is 18.3 Å². The lowest BCUT2D eigenvalue weighted by Gasteiger charge is -2.48. The number of nitriles is 1. The second-order valence-corrected chi connectivity index (χ2v) is 5.99. The molecule has 0 unspecified atom stereocenters. The van der Waals surface area contributed by atoms with Gasteiger partial charge in [-0.2, -0.15) is 5.26 Å². The Morgan fingerprint density at radius 1 is 1.22 bits per heavy atom. The van der Waals surface area contributed by atoms with Gasteiger partial charge >= 0.3 is 0 Å². The number of rotatable bonds is 1. The average Bonchev–Trinajstić information content (AvgIpc) is 2.25. The Morgan fingerprint density at radius 2 is 1.83 bits per heavy atom. The monoisotopic (exact) mass is 245 g/mol. The lowest BCUT2D eigenvalue weighted by molar-refractivity contribution is -0.133. The highest BCUT2D eigenvalue weighted by Gasteiger charge is 2.38. The Balaban J connectivity index is 2.24. The van der Waals surface area contributed by atoms with Gasteiger partial charge in [-0.3, -0.25) is 0 Å². The zero-order valence-electron chi connectivity index (χ0n) is 11.4. The van der Waals surface area contributed by atoms with Gasteiger partial charge in [0.25, 0.3) is 0 Å². The van der Waals surface area contributed by atoms with E-state index in [9.17, 15) is 0 Å². The van der Waals surface area contributed by atoms with E-state index in [0.717, 1.165) is 18.8 Å². The Morgan fingerprint density at radius 3 is 2.28 bits per heavy atom. The first-order chi connectivity index (χ1) is 8.31. The van der Waals surface area contributed by atoms with Gasteiger partial charge in [0, 0.05) is 13.1 Å². The van der Waals surface area contributed by atoms with Gasteiger partial charge in [-0.15, -0.1) is 0 Å². The van der Waals surface area contributed by atoms with E-state index in [4.69, 9.17) is 10.00 Å². The Bertz CT molecular complexity index is 455. The van der Waals surface area contributed by atoms with E-state index in [1.165, 1.54) is 0 Å². The van der Waals surface area contributed by atoms with Crippen LogP contribution in [0.1, 0.15) is 33.4 Å². The highest BCUT2D eigenvalue weighted by molar-refractivity contribution is 5.47. The molecule has 1 aromatic rings. The molecule has 1 aromatic heterocycles. The molecule has 0 amide bonds. The van der Waals surface area contributed by atoms with Gasteiger partial charge in [0.05, 0.1) is 23.1 Å². The van der Waals surface area contributed by atoms with E-state index < -0.39 is 0 Å². The van der Waals surface area contributed by atoms with Crippen molar-refractivity contribution in [2.24, 2.45) is 0 Å². The molecule has 96 valence electrons. The summed E-state index contributed by atoms with van der Waals surface area (Å²) in [5.41, 5.74) is 1.12. The second-order valence-electron chi connectivity index (χ2n) is 5.99. The van der Waals surface area contributed by atoms with Crippen LogP contribution in [0.2, 0.25) is 0 Å². The molecule has 0 N–H and O–H groups in total. The number of anilines is 1. The molecule has 0 radical (unpaired) electrons. The van der Waals surface area contributed by atoms with Crippen molar-refractivity contribution < 1.29 is 4.74 Å². The summed E-state index contributed by atoms with van der Waals surface area (Å²) in [5.74, 6) is 0. The summed E-state index contributed by atoms with van der Waals surface area (Å²) in [6.45, 7) is 10.0. The number of hydrogen-bond acceptors (Lipinski definition) is 4. The maximum atomic E-state index is 8.76. The Kier molecular flexibility index (Phi) is 3.04. The standard InChI is InChI=1S/C14H19N3O/c1-13(2)9-17(10-14(3,4)18-13)12-6-5-11(7-15)16-8-12/h5-6,8H,9-10H2,1-4H3. The van der Waals surface area contributed by atoms with E-state index in [0.29, 0.717) is 5.69 Å². The van der Waals surface area contributed by atoms with Gasteiger partial charge in [0.2, 0.25) is 0 Å². The molecular formula is C14H19N3O. The summed E-state index contributed by atoms with van der Waals surface area (Å²) in [4.78, 5) is 6.39. The van der Waals surface area contributed by atoms with Crippen molar-refractivity contribution in [2.45, 2.75) is 38.9 Å². The van der Waals surface area contributed by atoms with Crippen molar-refractivity contribution in [1.82, 2.24) is 4.98 Å². The van der Waals surface area contributed by atoms with Crippen molar-refractivity contribution >= 4 is 5.69 Å². The molecule has 0 bridgehead atoms. The van der Waals surface area contributed by atoms with Crippen molar-refractivity contribution in [1.29, 1.82) is 5.26 Å². The van der Waals surface area contributed by atoms with Crippen LogP contribution in [0.25, 0.3) is 0 Å². The minimum Gasteiger partial charge on any atom is -0.366 e. The SMILES string of the molecule is CC1(C)CN(c2ccc(C#N)nc2)CC(C)(C)O1. The van der Waals surface area contributed by atoms with Gasteiger partial charge < -0.3 is 9.64 Å². The van der Waals surface area contributed by atoms with Gasteiger partial charge in [0.15, 0.2) is 0 Å². The molecule has 4 heteroatoms. The minimum absolute atomic E-state index is 0.185. The lowest BCUT2D eigenvalue weighted by atomic mass is 9.98. The van der Waals surface area contributed by atoms with Crippen LogP contribution in [0.3, 0.4) is 0 Å². The Hall–Kier alpha value is -1.60. The van der Waals surface area contributed by atoms with Crippen LogP contribution < -0.4 is 4.90 Å². The molecule has 1 saturated heterocycles. The van der Waals surface area contributed by atoms with Crippen molar-refractivity contribution in [3.8, 4) is 6.07 Å². The normalized spacial score (nSPS) is 21.4. The number of nitrogens with zero attached hydrogens (tertiary/aromatic N) is 3. The summed E-state index contributed by atoms with van der Waals surface area (Å²) < 4.78 is 6.04. The molecule has 0 atom stereocenters. The van der Waals surface area contributed by atoms with Crippen molar-refractivity contribution in [3.05, 3.63) is 24.0 Å². The van der Waals surface area contributed by atoms with E-state index in [2.05, 4.69) is 37.6 Å². The third-order valence-corrected chi connectivity index (χ3v) is 2.92. The fourth-order valence-electron chi connectivity index (χ4n) is 2.61. The maximum absolute atomic E-state index is 8.76. The molecule has 2 rings (SSSR count). The lowest BCUT2D eigenvalue weighted by Crippen LogP contribution is -2.57. The average molecular weight is 245 g/mol. The topological polar surface area (TPSA) is 49.2 Å². The first-order valence-corrected chi connectivity index (χ1v) is 6.13. The minimum atomic E-state index is -0.185. The van der Waals surface area contributed by atoms with Crippen LogP contribution >= 0.6 is 0 Å². The molecule has 0 spiro atoms. The molecule has 4 nitrogen and oxygen atoms in total. The van der Waals surface area contributed by atoms with Crippen LogP contribution in [0.4, 0.5) is 5.69 Å². The van der Waals surface area contributed by atoms with Crippen molar-refractivity contribution in [2.75, 3.05) is 18.0 Å². The first-order valence-electron chi connectivity index (χ1n) is 6.13. The molecule has 0 saturated carbocycles. The largest absolute Gasteiger partial charge is 0.366 e. The third-order valence-electron chi connectivity index (χ3n) is 2.92. The zero-order valence-corrected chi connectivity index (χ0v) is 11.4. The third kappa shape index (κ3) is 2.80. The van der Waals surface area contributed by atoms with E-state index >= 15 is 0 Å². The number of aromatic nitrogens is 1. The molecule has 1 aliphatic heterocycles. The summed E-state index contributed by atoms with van der Waals surface area (Å²) in [5, 5.41) is 8.76. The van der Waals surface area contributed by atoms with Crippen LogP contribution in [-0.4, -0.2) is 29.3 Å². The Labute approximate surface area is 108 Å². The first kappa shape index (κ1) is 12.8. The van der Waals surface area contributed by atoms with E-state index in [1.807, 2.05) is 12.1 Å². The van der Waals surface area contributed by atoms with Crippen LogP contribution in [-0.2, 0) is 4.74 Å². The number of hydrogen-bond donors (Lipinski definition) is 0. The zero-order chi connectivity index (χ0) is 13.4. The number of ether oxygens (including phenoxy) is 1. The van der Waals surface area contributed by atoms with Gasteiger partial charge in [0.1, 0.15) is 11.8 Å². The fraction of sp³-hybridized carbons (Fsp3) is 0.571. The molecule has 1 fully saturated rings. The number of morpholine rings is 1. The van der Waals surface area contributed by atoms with Crippen LogP contribution in [0, 0.1) is 11.3 Å². The molecular weight excluding hydrogens is 226 g/mol. The van der Waals surface area contributed by atoms with Gasteiger partial charge in [-0.05, 0) is 39.8 Å². The molecule has 0 aromatic carbocycles. The van der Waals surface area contributed by atoms with E-state index in [1.54, 1.807) is 12.3 Å². The van der Waals surface area contributed by atoms with Gasteiger partial charge in [-0.25, -0.2) is 4.98 Å². The molecule has 1 aliphatic rings. The summed E-state index contributed by atoms with van der Waals surface area (Å²) in [7, 11) is 0. The quantitative estimate of drug-likeness (QED) is 0.762. The molecule has 18 heavy (non-hydrogen) atoms. The van der Waals surface area contributed by atoms with Crippen LogP contribution in [0.5, 0.6) is 0 Å². The summed E-state index contributed by atoms with van der Waals surface area (Å²) in [6, 6.07) is 5.74. The summed E-state index contributed by atoms with van der Waals surface area (Å²) in [6.07, 6.45) is 1.76. The van der Waals surface area contributed by atoms with Gasteiger partial charge in [-0.1, -0.05) is 0 Å². The molecule has 2 heterocycles. The van der Waals surface area contributed by atoms with E-state index in [-0.39, 0.29) is 11.2 Å². The highest BCUT2D eigenvalue weighted by Crippen LogP contribution is 2.30. The number of pyridine rings is 1. The predicted octanol–water partition coefficient (Wildman–Crippen LogP) is 2.35. The fourth-order valence-corrected chi connectivity index (χ4v) is 2.61.